The van der Waals surface area contributed by atoms with Gasteiger partial charge in [0.05, 0.1) is 23.9 Å². The number of anilines is 1. The molecule has 0 saturated heterocycles. The lowest BCUT2D eigenvalue weighted by molar-refractivity contribution is -0.113. The average molecular weight is 555 g/mol. The molecule has 0 spiro atoms. The SMILES string of the molecule is COc1ccc(-n2c(SCC(=O)Nc3ccc(Cl)cc3)nc3sc4c(c3c2=O)CCN(C(C)C)C4)cc1. The Labute approximate surface area is 228 Å². The lowest BCUT2D eigenvalue weighted by atomic mass is 10.0. The van der Waals surface area contributed by atoms with E-state index in [0.717, 1.165) is 29.9 Å². The molecule has 2 aromatic heterocycles. The van der Waals surface area contributed by atoms with E-state index in [4.69, 9.17) is 21.3 Å². The molecule has 7 nitrogen and oxygen atoms in total. The zero-order valence-electron chi connectivity index (χ0n) is 20.8. The maximum absolute atomic E-state index is 14.0. The van der Waals surface area contributed by atoms with Crippen molar-refractivity contribution in [1.29, 1.82) is 0 Å². The number of methoxy groups -OCH3 is 1. The second-order valence-electron chi connectivity index (χ2n) is 9.07. The van der Waals surface area contributed by atoms with E-state index in [9.17, 15) is 9.59 Å². The van der Waals surface area contributed by atoms with Gasteiger partial charge in [-0.05, 0) is 74.4 Å². The second-order valence-corrected chi connectivity index (χ2v) is 11.5. The lowest BCUT2D eigenvalue weighted by Gasteiger charge is -2.30. The highest BCUT2D eigenvalue weighted by Crippen LogP contribution is 2.35. The van der Waals surface area contributed by atoms with Crippen LogP contribution in [0.5, 0.6) is 5.75 Å². The summed E-state index contributed by atoms with van der Waals surface area (Å²) in [6, 6.07) is 14.7. The third-order valence-corrected chi connectivity index (χ3v) is 8.70. The molecule has 1 aliphatic heterocycles. The molecule has 0 saturated carbocycles. The first-order valence-corrected chi connectivity index (χ1v) is 14.2. The van der Waals surface area contributed by atoms with Crippen LogP contribution in [0.15, 0.2) is 58.5 Å². The molecule has 1 amide bonds. The highest BCUT2D eigenvalue weighted by Gasteiger charge is 2.26. The van der Waals surface area contributed by atoms with Gasteiger partial charge in [0.1, 0.15) is 10.6 Å². The number of aromatic nitrogens is 2. The number of hydrogen-bond donors (Lipinski definition) is 1. The molecule has 0 fully saturated rings. The van der Waals surface area contributed by atoms with E-state index in [1.165, 1.54) is 16.6 Å². The smallest absolute Gasteiger partial charge is 0.267 e. The second kappa shape index (κ2) is 10.9. The van der Waals surface area contributed by atoms with Gasteiger partial charge in [0.25, 0.3) is 5.56 Å². The van der Waals surface area contributed by atoms with Gasteiger partial charge in [-0.25, -0.2) is 4.98 Å². The monoisotopic (exact) mass is 554 g/mol. The molecule has 2 aromatic carbocycles. The van der Waals surface area contributed by atoms with Crippen LogP contribution >= 0.6 is 34.7 Å². The topological polar surface area (TPSA) is 76.5 Å². The molecule has 0 atom stereocenters. The summed E-state index contributed by atoms with van der Waals surface area (Å²) in [6.07, 6.45) is 0.822. The highest BCUT2D eigenvalue weighted by molar-refractivity contribution is 7.99. The molecule has 0 unspecified atom stereocenters. The van der Waals surface area contributed by atoms with Crippen molar-refractivity contribution in [2.75, 3.05) is 24.7 Å². The summed E-state index contributed by atoms with van der Waals surface area (Å²) in [5.41, 5.74) is 2.34. The van der Waals surface area contributed by atoms with Crippen LogP contribution in [0.4, 0.5) is 5.69 Å². The van der Waals surface area contributed by atoms with Crippen LogP contribution in [0.2, 0.25) is 5.02 Å². The van der Waals surface area contributed by atoms with Crippen LogP contribution in [-0.2, 0) is 17.8 Å². The Bertz CT molecular complexity index is 1500. The molecular formula is C27H27ClN4O3S2. The standard InChI is InChI=1S/C27H27ClN4O3S2/c1-16(2)31-13-12-21-22(14-31)37-25-24(21)26(34)32(19-8-10-20(35-3)11-9-19)27(30-25)36-15-23(33)29-18-6-4-17(28)5-7-18/h4-11,16H,12-15H2,1-3H3,(H,29,33). The van der Waals surface area contributed by atoms with Crippen molar-refractivity contribution in [3.8, 4) is 11.4 Å². The van der Waals surface area contributed by atoms with Crippen LogP contribution in [0.3, 0.4) is 0 Å². The summed E-state index contributed by atoms with van der Waals surface area (Å²) >= 11 is 8.77. The number of thioether (sulfide) groups is 1. The molecule has 192 valence electrons. The Morgan fingerprint density at radius 1 is 1.19 bits per heavy atom. The fourth-order valence-corrected chi connectivity index (χ4v) is 6.63. The van der Waals surface area contributed by atoms with Crippen molar-refractivity contribution in [1.82, 2.24) is 14.5 Å². The number of nitrogens with one attached hydrogen (secondary N) is 1. The number of ether oxygens (including phenoxy) is 1. The fourth-order valence-electron chi connectivity index (χ4n) is 4.40. The lowest BCUT2D eigenvalue weighted by Crippen LogP contribution is -2.35. The third kappa shape index (κ3) is 5.40. The zero-order valence-corrected chi connectivity index (χ0v) is 23.2. The molecule has 5 rings (SSSR count). The number of hydrogen-bond acceptors (Lipinski definition) is 7. The van der Waals surface area contributed by atoms with E-state index in [2.05, 4.69) is 24.1 Å². The molecule has 3 heterocycles. The van der Waals surface area contributed by atoms with Crippen LogP contribution in [0, 0.1) is 0 Å². The van der Waals surface area contributed by atoms with E-state index >= 15 is 0 Å². The number of carbonyl (C=O) groups excluding carboxylic acids is 1. The number of halogens is 1. The van der Waals surface area contributed by atoms with Crippen molar-refractivity contribution < 1.29 is 9.53 Å². The molecule has 10 heteroatoms. The van der Waals surface area contributed by atoms with Crippen molar-refractivity contribution >= 4 is 56.5 Å². The zero-order chi connectivity index (χ0) is 26.1. The first kappa shape index (κ1) is 25.8. The molecule has 37 heavy (non-hydrogen) atoms. The number of benzene rings is 2. The predicted molar refractivity (Wildman–Crippen MR) is 152 cm³/mol. The van der Waals surface area contributed by atoms with Crippen molar-refractivity contribution in [3.05, 3.63) is 74.3 Å². The summed E-state index contributed by atoms with van der Waals surface area (Å²) in [6.45, 7) is 6.12. The van der Waals surface area contributed by atoms with Gasteiger partial charge in [-0.3, -0.25) is 19.1 Å². The number of nitrogens with zero attached hydrogens (tertiary/aromatic N) is 3. The van der Waals surface area contributed by atoms with Crippen molar-refractivity contribution in [3.63, 3.8) is 0 Å². The Hall–Kier alpha value is -2.85. The van der Waals surface area contributed by atoms with Crippen LogP contribution in [0.25, 0.3) is 15.9 Å². The summed E-state index contributed by atoms with van der Waals surface area (Å²) < 4.78 is 6.91. The Kier molecular flexibility index (Phi) is 7.57. The van der Waals surface area contributed by atoms with Crippen molar-refractivity contribution in [2.45, 2.75) is 38.0 Å². The van der Waals surface area contributed by atoms with Gasteiger partial charge in [-0.1, -0.05) is 23.4 Å². The van der Waals surface area contributed by atoms with Gasteiger partial charge in [0.15, 0.2) is 5.16 Å². The summed E-state index contributed by atoms with van der Waals surface area (Å²) in [4.78, 5) is 35.9. The van der Waals surface area contributed by atoms with E-state index in [1.807, 2.05) is 24.3 Å². The van der Waals surface area contributed by atoms with Gasteiger partial charge in [-0.15, -0.1) is 11.3 Å². The highest BCUT2D eigenvalue weighted by atomic mass is 35.5. The molecule has 4 aromatic rings. The minimum Gasteiger partial charge on any atom is -0.497 e. The van der Waals surface area contributed by atoms with E-state index < -0.39 is 0 Å². The largest absolute Gasteiger partial charge is 0.497 e. The van der Waals surface area contributed by atoms with E-state index in [0.29, 0.717) is 38.7 Å². The van der Waals surface area contributed by atoms with E-state index in [-0.39, 0.29) is 17.2 Å². The van der Waals surface area contributed by atoms with Gasteiger partial charge in [0.2, 0.25) is 5.91 Å². The van der Waals surface area contributed by atoms with Gasteiger partial charge >= 0.3 is 0 Å². The minimum absolute atomic E-state index is 0.100. The Morgan fingerprint density at radius 3 is 2.59 bits per heavy atom. The summed E-state index contributed by atoms with van der Waals surface area (Å²) in [5, 5.41) is 4.64. The third-order valence-electron chi connectivity index (χ3n) is 6.39. The van der Waals surface area contributed by atoms with Crippen molar-refractivity contribution in [2.24, 2.45) is 0 Å². The minimum atomic E-state index is -0.194. The van der Waals surface area contributed by atoms with Gasteiger partial charge in [-0.2, -0.15) is 0 Å². The normalized spacial score (nSPS) is 13.6. The van der Waals surface area contributed by atoms with E-state index in [1.54, 1.807) is 47.3 Å². The quantitative estimate of drug-likeness (QED) is 0.236. The molecule has 0 radical (unpaired) electrons. The average Bonchev–Trinajstić information content (AvgIpc) is 3.27. The van der Waals surface area contributed by atoms with Crippen LogP contribution < -0.4 is 15.6 Å². The Morgan fingerprint density at radius 2 is 1.92 bits per heavy atom. The fraction of sp³-hybridized carbons (Fsp3) is 0.296. The van der Waals surface area contributed by atoms with Crippen LogP contribution in [0.1, 0.15) is 24.3 Å². The number of carbonyl (C=O) groups is 1. The first-order valence-electron chi connectivity index (χ1n) is 12.0. The predicted octanol–water partition coefficient (Wildman–Crippen LogP) is 5.61. The molecular weight excluding hydrogens is 528 g/mol. The summed E-state index contributed by atoms with van der Waals surface area (Å²) in [7, 11) is 1.60. The molecule has 1 aliphatic rings. The van der Waals surface area contributed by atoms with Gasteiger partial charge < -0.3 is 10.1 Å². The molecule has 1 N–H and O–H groups in total. The van der Waals surface area contributed by atoms with Gasteiger partial charge in [0, 0.05) is 34.7 Å². The maximum atomic E-state index is 14.0. The summed E-state index contributed by atoms with van der Waals surface area (Å²) in [5.74, 6) is 0.605. The molecule has 0 aliphatic carbocycles. The first-order chi connectivity index (χ1) is 17.8. The number of thiophene rings is 1. The maximum Gasteiger partial charge on any atom is 0.267 e. The Balaban J connectivity index is 1.52. The number of fused-ring (bicyclic) bond motifs is 3. The van der Waals surface area contributed by atoms with Crippen LogP contribution in [-0.4, -0.2) is 45.8 Å². The molecule has 0 bridgehead atoms. The number of amides is 1. The number of rotatable bonds is 7.